The van der Waals surface area contributed by atoms with Gasteiger partial charge in [-0.25, -0.2) is 9.36 Å². The summed E-state index contributed by atoms with van der Waals surface area (Å²) in [5.74, 6) is -0.801. The average molecular weight is 383 g/mol. The van der Waals surface area contributed by atoms with Crippen molar-refractivity contribution in [1.29, 1.82) is 0 Å². The van der Waals surface area contributed by atoms with Gasteiger partial charge in [-0.2, -0.15) is 0 Å². The molecule has 2 atom stereocenters. The Kier molecular flexibility index (Phi) is 11.2. The molecule has 0 saturated carbocycles. The van der Waals surface area contributed by atoms with Gasteiger partial charge in [0, 0.05) is 6.04 Å². The number of rotatable bonds is 12. The van der Waals surface area contributed by atoms with Crippen LogP contribution in [0.1, 0.15) is 38.2 Å². The lowest BCUT2D eigenvalue weighted by molar-refractivity contribution is -0.146. The van der Waals surface area contributed by atoms with Crippen molar-refractivity contribution in [2.24, 2.45) is 5.92 Å². The molecule has 0 heterocycles. The normalized spacial score (nSPS) is 13.0. The van der Waals surface area contributed by atoms with E-state index in [1.165, 1.54) is 7.11 Å². The molecule has 26 heavy (non-hydrogen) atoms. The molecule has 144 valence electrons. The minimum Gasteiger partial charge on any atom is -0.469 e. The number of methoxy groups -OCH3 is 1. The van der Waals surface area contributed by atoms with E-state index in [2.05, 4.69) is 5.32 Å². The van der Waals surface area contributed by atoms with E-state index in [1.54, 1.807) is 0 Å². The van der Waals surface area contributed by atoms with Crippen LogP contribution in [0.5, 0.6) is 0 Å². The second kappa shape index (κ2) is 13.3. The second-order valence-corrected chi connectivity index (χ2v) is 6.39. The molecule has 1 rings (SSSR count). The van der Waals surface area contributed by atoms with Crippen LogP contribution in [0.2, 0.25) is 0 Å². The minimum atomic E-state index is -0.448. The topological polar surface area (TPSA) is 90.9 Å². The summed E-state index contributed by atoms with van der Waals surface area (Å²) in [5.41, 5.74) is 0.934. The highest BCUT2D eigenvalue weighted by molar-refractivity contribution is 7.17. The molecule has 1 aromatic carbocycles. The lowest BCUT2D eigenvalue weighted by Crippen LogP contribution is -2.33. The first-order valence-electron chi connectivity index (χ1n) is 8.56. The Hall–Kier alpha value is -1.98. The third kappa shape index (κ3) is 9.49. The van der Waals surface area contributed by atoms with Crippen LogP contribution < -0.4 is 5.32 Å². The van der Waals surface area contributed by atoms with Crippen LogP contribution in [-0.4, -0.2) is 31.8 Å². The second-order valence-electron chi connectivity index (χ2n) is 5.98. The summed E-state index contributed by atoms with van der Waals surface area (Å²) in [5, 5.41) is 2.79. The number of hydrogen-bond donors (Lipinski definition) is 1. The molecule has 1 aromatic rings. The van der Waals surface area contributed by atoms with Gasteiger partial charge in [-0.1, -0.05) is 43.2 Å². The van der Waals surface area contributed by atoms with Gasteiger partial charge in [-0.15, -0.1) is 0 Å². The number of unbranched alkanes of at least 4 members (excludes halogenated alkanes) is 1. The molecular formula is C18H26NO6P. The number of esters is 1. The Morgan fingerprint density at radius 3 is 2.50 bits per heavy atom. The van der Waals surface area contributed by atoms with E-state index >= 15 is 0 Å². The summed E-state index contributed by atoms with van der Waals surface area (Å²) >= 11 is 0. The van der Waals surface area contributed by atoms with Gasteiger partial charge in [0.05, 0.1) is 19.6 Å². The first kappa shape index (κ1) is 22.1. The SMILES string of the molecule is COC(=O)C(CCCCC(C)NC(=O)OCc1ccccc1)COP=O. The lowest BCUT2D eigenvalue weighted by atomic mass is 10.0. The molecule has 0 aliphatic heterocycles. The predicted molar refractivity (Wildman–Crippen MR) is 96.8 cm³/mol. The molecule has 1 amide bonds. The largest absolute Gasteiger partial charge is 0.469 e. The van der Waals surface area contributed by atoms with E-state index in [9.17, 15) is 14.2 Å². The quantitative estimate of drug-likeness (QED) is 0.335. The zero-order chi connectivity index (χ0) is 19.2. The molecule has 0 saturated heterocycles. The Balaban J connectivity index is 2.20. The first-order chi connectivity index (χ1) is 12.6. The monoisotopic (exact) mass is 383 g/mol. The minimum absolute atomic E-state index is 0.0359. The number of benzene rings is 1. The number of alkyl carbamates (subject to hydrolysis) is 1. The van der Waals surface area contributed by atoms with E-state index in [1.807, 2.05) is 37.3 Å². The van der Waals surface area contributed by atoms with E-state index in [0.29, 0.717) is 6.42 Å². The fourth-order valence-electron chi connectivity index (χ4n) is 2.44. The smallest absolute Gasteiger partial charge is 0.407 e. The molecular weight excluding hydrogens is 357 g/mol. The Morgan fingerprint density at radius 2 is 1.85 bits per heavy atom. The number of hydrogen-bond acceptors (Lipinski definition) is 6. The zero-order valence-electron chi connectivity index (χ0n) is 15.2. The van der Waals surface area contributed by atoms with Crippen molar-refractivity contribution in [2.75, 3.05) is 13.7 Å². The number of carbonyl (C=O) groups is 2. The number of amides is 1. The highest BCUT2D eigenvalue weighted by Gasteiger charge is 2.19. The van der Waals surface area contributed by atoms with Crippen LogP contribution in [0.3, 0.4) is 0 Å². The molecule has 0 bridgehead atoms. The summed E-state index contributed by atoms with van der Waals surface area (Å²) in [6.45, 7) is 2.21. The fraction of sp³-hybridized carbons (Fsp3) is 0.556. The van der Waals surface area contributed by atoms with Gasteiger partial charge in [0.15, 0.2) is 0 Å². The molecule has 0 aliphatic carbocycles. The fourth-order valence-corrected chi connectivity index (χ4v) is 2.68. The Labute approximate surface area is 155 Å². The molecule has 2 unspecified atom stereocenters. The van der Waals surface area contributed by atoms with E-state index in [0.717, 1.165) is 24.8 Å². The highest BCUT2D eigenvalue weighted by Crippen LogP contribution is 2.15. The van der Waals surface area contributed by atoms with Gasteiger partial charge < -0.3 is 14.8 Å². The summed E-state index contributed by atoms with van der Waals surface area (Å²) in [6, 6.07) is 9.44. The van der Waals surface area contributed by atoms with E-state index in [-0.39, 0.29) is 25.2 Å². The van der Waals surface area contributed by atoms with Crippen molar-refractivity contribution in [3.05, 3.63) is 35.9 Å². The van der Waals surface area contributed by atoms with Crippen molar-refractivity contribution in [3.63, 3.8) is 0 Å². The van der Waals surface area contributed by atoms with Gasteiger partial charge in [-0.3, -0.25) is 9.32 Å². The molecule has 0 aromatic heterocycles. The van der Waals surface area contributed by atoms with Crippen LogP contribution in [0.15, 0.2) is 30.3 Å². The summed E-state index contributed by atoms with van der Waals surface area (Å²) < 4.78 is 25.0. The molecule has 8 heteroatoms. The standard InChI is InChI=1S/C18H26NO6P/c1-14(19-18(21)24-12-15-9-4-3-5-10-15)8-6-7-11-16(13-25-26-22)17(20)23-2/h3-5,9-10,14,16H,6-8,11-13H2,1-2H3,(H,19,21). The molecule has 0 radical (unpaired) electrons. The molecule has 1 N–H and O–H groups in total. The maximum atomic E-state index is 11.8. The predicted octanol–water partition coefficient (Wildman–Crippen LogP) is 3.87. The van der Waals surface area contributed by atoms with Crippen LogP contribution in [-0.2, 0) is 30.0 Å². The van der Waals surface area contributed by atoms with Gasteiger partial charge >= 0.3 is 20.7 Å². The third-order valence-electron chi connectivity index (χ3n) is 3.88. The number of carbonyl (C=O) groups excluding carboxylic acids is 2. The highest BCUT2D eigenvalue weighted by atomic mass is 31.1. The maximum Gasteiger partial charge on any atom is 0.407 e. The van der Waals surface area contributed by atoms with Gasteiger partial charge in [0.2, 0.25) is 0 Å². The zero-order valence-corrected chi connectivity index (χ0v) is 16.1. The molecule has 0 aliphatic rings. The van der Waals surface area contributed by atoms with Crippen molar-refractivity contribution >= 4 is 20.7 Å². The van der Waals surface area contributed by atoms with E-state index < -0.39 is 20.7 Å². The van der Waals surface area contributed by atoms with Crippen molar-refractivity contribution < 1.29 is 28.2 Å². The van der Waals surface area contributed by atoms with Crippen LogP contribution in [0.25, 0.3) is 0 Å². The van der Waals surface area contributed by atoms with Crippen molar-refractivity contribution in [2.45, 2.75) is 45.3 Å². The molecule has 7 nitrogen and oxygen atoms in total. The van der Waals surface area contributed by atoms with E-state index in [4.69, 9.17) is 14.0 Å². The van der Waals surface area contributed by atoms with Crippen molar-refractivity contribution in [1.82, 2.24) is 5.32 Å². The van der Waals surface area contributed by atoms with Gasteiger partial charge in [0.25, 0.3) is 0 Å². The summed E-state index contributed by atoms with van der Waals surface area (Å²) in [6.07, 6.45) is 2.48. The molecule has 0 spiro atoms. The van der Waals surface area contributed by atoms with Gasteiger partial charge in [-0.05, 0) is 25.3 Å². The Bertz CT molecular complexity index is 554. The van der Waals surface area contributed by atoms with Crippen molar-refractivity contribution in [3.8, 4) is 0 Å². The first-order valence-corrected chi connectivity index (χ1v) is 9.29. The average Bonchev–Trinajstić information content (AvgIpc) is 2.66. The van der Waals surface area contributed by atoms with Gasteiger partial charge in [0.1, 0.15) is 6.61 Å². The lowest BCUT2D eigenvalue weighted by Gasteiger charge is -2.15. The maximum absolute atomic E-state index is 11.8. The third-order valence-corrected chi connectivity index (χ3v) is 4.13. The summed E-state index contributed by atoms with van der Waals surface area (Å²) in [4.78, 5) is 23.4. The van der Waals surface area contributed by atoms with Crippen LogP contribution >= 0.6 is 8.69 Å². The van der Waals surface area contributed by atoms with Crippen LogP contribution in [0.4, 0.5) is 4.79 Å². The number of ether oxygens (including phenoxy) is 2. The summed E-state index contributed by atoms with van der Waals surface area (Å²) in [7, 11) is 0.870. The Morgan fingerprint density at radius 1 is 1.15 bits per heavy atom. The van der Waals surface area contributed by atoms with Crippen LogP contribution in [0, 0.1) is 5.92 Å². The number of nitrogens with one attached hydrogen (secondary N) is 1. The molecule has 0 fully saturated rings.